The zero-order valence-electron chi connectivity index (χ0n) is 14.8. The summed E-state index contributed by atoms with van der Waals surface area (Å²) in [7, 11) is 0. The molecule has 1 aliphatic rings. The molecule has 0 bridgehead atoms. The minimum atomic E-state index is 0.713. The molecule has 1 aromatic heterocycles. The molecule has 0 N–H and O–H groups in total. The largest absolute Gasteiger partial charge is 0.325 e. The van der Waals surface area contributed by atoms with Gasteiger partial charge in [-0.3, -0.25) is 0 Å². The van der Waals surface area contributed by atoms with Crippen molar-refractivity contribution in [1.29, 1.82) is 0 Å². The number of rotatable bonds is 2. The fourth-order valence-corrected chi connectivity index (χ4v) is 3.87. The van der Waals surface area contributed by atoms with Crippen molar-refractivity contribution >= 4 is 34.0 Å². The van der Waals surface area contributed by atoms with Crippen LogP contribution in [0.4, 0.5) is 11.5 Å². The Hall–Kier alpha value is -2.91. The highest BCUT2D eigenvalue weighted by Crippen LogP contribution is 2.36. The van der Waals surface area contributed by atoms with Crippen LogP contribution < -0.4 is 4.90 Å². The maximum absolute atomic E-state index is 6.05. The minimum absolute atomic E-state index is 0.713. The Morgan fingerprint density at radius 1 is 0.815 bits per heavy atom. The second kappa shape index (κ2) is 6.67. The monoisotopic (exact) mass is 371 g/mol. The molecule has 1 aliphatic heterocycles. The molecule has 0 amide bonds. The molecule has 0 aliphatic carbocycles. The molecule has 4 heteroatoms. The Balaban J connectivity index is 1.73. The highest BCUT2D eigenvalue weighted by Gasteiger charge is 2.22. The predicted molar refractivity (Wildman–Crippen MR) is 112 cm³/mol. The fourth-order valence-electron chi connectivity index (χ4n) is 3.75. The lowest BCUT2D eigenvalue weighted by atomic mass is 10.0. The van der Waals surface area contributed by atoms with Gasteiger partial charge in [-0.15, -0.1) is 0 Å². The molecule has 132 valence electrons. The van der Waals surface area contributed by atoms with Gasteiger partial charge < -0.3 is 4.90 Å². The standard InChI is InChI=1S/C23H18ClN3/c24-18-13-11-17(12-14-18)22-25-20-9-3-2-8-19(20)23(26-22)27-15-5-7-16-6-1-4-10-21(16)27/h1-4,6,8-14H,5,7,15H2. The first-order chi connectivity index (χ1) is 13.3. The average Bonchev–Trinajstić information content (AvgIpc) is 2.73. The van der Waals surface area contributed by atoms with E-state index in [-0.39, 0.29) is 0 Å². The third kappa shape index (κ3) is 2.94. The molecular formula is C23H18ClN3. The molecule has 3 aromatic carbocycles. The van der Waals surface area contributed by atoms with Crippen LogP contribution in [0.3, 0.4) is 0 Å². The smallest absolute Gasteiger partial charge is 0.162 e. The van der Waals surface area contributed by atoms with Gasteiger partial charge in [-0.05, 0) is 60.9 Å². The van der Waals surface area contributed by atoms with Crippen LogP contribution in [0.1, 0.15) is 12.0 Å². The summed E-state index contributed by atoms with van der Waals surface area (Å²) < 4.78 is 0. The number of para-hydroxylation sites is 2. The first-order valence-electron chi connectivity index (χ1n) is 9.18. The van der Waals surface area contributed by atoms with Crippen molar-refractivity contribution in [1.82, 2.24) is 9.97 Å². The number of hydrogen-bond acceptors (Lipinski definition) is 3. The van der Waals surface area contributed by atoms with Crippen LogP contribution in [-0.2, 0) is 6.42 Å². The molecule has 2 heterocycles. The lowest BCUT2D eigenvalue weighted by Gasteiger charge is -2.31. The Bertz CT molecular complexity index is 1120. The van der Waals surface area contributed by atoms with Crippen molar-refractivity contribution < 1.29 is 0 Å². The summed E-state index contributed by atoms with van der Waals surface area (Å²) in [6.45, 7) is 0.956. The quantitative estimate of drug-likeness (QED) is 0.430. The number of halogens is 1. The van der Waals surface area contributed by atoms with Gasteiger partial charge in [0.1, 0.15) is 5.82 Å². The van der Waals surface area contributed by atoms with E-state index >= 15 is 0 Å². The molecule has 0 fully saturated rings. The highest BCUT2D eigenvalue weighted by molar-refractivity contribution is 6.30. The first-order valence-corrected chi connectivity index (χ1v) is 9.55. The van der Waals surface area contributed by atoms with Gasteiger partial charge in [0.25, 0.3) is 0 Å². The predicted octanol–water partition coefficient (Wildman–Crippen LogP) is 6.03. The van der Waals surface area contributed by atoms with E-state index in [1.165, 1.54) is 11.3 Å². The summed E-state index contributed by atoms with van der Waals surface area (Å²) >= 11 is 6.05. The maximum Gasteiger partial charge on any atom is 0.162 e. The molecule has 27 heavy (non-hydrogen) atoms. The van der Waals surface area contributed by atoms with E-state index in [2.05, 4.69) is 41.3 Å². The molecule has 4 aromatic rings. The number of fused-ring (bicyclic) bond motifs is 2. The average molecular weight is 372 g/mol. The zero-order valence-corrected chi connectivity index (χ0v) is 15.5. The Morgan fingerprint density at radius 3 is 2.48 bits per heavy atom. The van der Waals surface area contributed by atoms with Crippen molar-refractivity contribution in [2.45, 2.75) is 12.8 Å². The van der Waals surface area contributed by atoms with Crippen LogP contribution in [0.2, 0.25) is 5.02 Å². The Morgan fingerprint density at radius 2 is 1.59 bits per heavy atom. The molecule has 0 radical (unpaired) electrons. The third-order valence-electron chi connectivity index (χ3n) is 5.05. The number of benzene rings is 3. The molecule has 5 rings (SSSR count). The van der Waals surface area contributed by atoms with Gasteiger partial charge in [0.05, 0.1) is 5.52 Å². The van der Waals surface area contributed by atoms with E-state index in [0.717, 1.165) is 47.5 Å². The Kier molecular flexibility index (Phi) is 4.02. The summed E-state index contributed by atoms with van der Waals surface area (Å²) in [5.41, 5.74) is 4.54. The third-order valence-corrected chi connectivity index (χ3v) is 5.30. The van der Waals surface area contributed by atoms with Crippen LogP contribution in [0.5, 0.6) is 0 Å². The van der Waals surface area contributed by atoms with Crippen molar-refractivity contribution in [3.05, 3.63) is 83.4 Å². The van der Waals surface area contributed by atoms with Crippen molar-refractivity contribution in [3.63, 3.8) is 0 Å². The second-order valence-corrected chi connectivity index (χ2v) is 7.22. The summed E-state index contributed by atoms with van der Waals surface area (Å²) in [5.74, 6) is 1.70. The van der Waals surface area contributed by atoms with Crippen LogP contribution in [-0.4, -0.2) is 16.5 Å². The molecule has 0 atom stereocenters. The number of aryl methyl sites for hydroxylation is 1. The van der Waals surface area contributed by atoms with Gasteiger partial charge in [-0.1, -0.05) is 41.9 Å². The molecule has 0 unspecified atom stereocenters. The van der Waals surface area contributed by atoms with E-state index in [4.69, 9.17) is 21.6 Å². The molecule has 0 saturated carbocycles. The summed E-state index contributed by atoms with van der Waals surface area (Å²) in [4.78, 5) is 12.1. The van der Waals surface area contributed by atoms with Gasteiger partial charge in [-0.2, -0.15) is 0 Å². The van der Waals surface area contributed by atoms with E-state index in [1.807, 2.05) is 36.4 Å². The van der Waals surface area contributed by atoms with E-state index < -0.39 is 0 Å². The van der Waals surface area contributed by atoms with Crippen LogP contribution in [0.25, 0.3) is 22.3 Å². The number of hydrogen-bond donors (Lipinski definition) is 0. The van der Waals surface area contributed by atoms with Gasteiger partial charge in [-0.25, -0.2) is 9.97 Å². The normalized spacial score (nSPS) is 13.6. The van der Waals surface area contributed by atoms with Crippen molar-refractivity contribution in [3.8, 4) is 11.4 Å². The highest BCUT2D eigenvalue weighted by atomic mass is 35.5. The number of nitrogens with zero attached hydrogens (tertiary/aromatic N) is 3. The zero-order chi connectivity index (χ0) is 18.2. The number of aromatic nitrogens is 2. The molecule has 0 saturated heterocycles. The number of anilines is 2. The van der Waals surface area contributed by atoms with Crippen molar-refractivity contribution in [2.75, 3.05) is 11.4 Å². The molecular weight excluding hydrogens is 354 g/mol. The minimum Gasteiger partial charge on any atom is -0.325 e. The Labute approximate surface area is 163 Å². The van der Waals surface area contributed by atoms with Crippen LogP contribution >= 0.6 is 11.6 Å². The van der Waals surface area contributed by atoms with Gasteiger partial charge in [0, 0.05) is 28.2 Å². The topological polar surface area (TPSA) is 29.0 Å². The van der Waals surface area contributed by atoms with Gasteiger partial charge in [0.2, 0.25) is 0 Å². The van der Waals surface area contributed by atoms with Gasteiger partial charge >= 0.3 is 0 Å². The fraction of sp³-hybridized carbons (Fsp3) is 0.130. The lowest BCUT2D eigenvalue weighted by molar-refractivity contribution is 0.761. The van der Waals surface area contributed by atoms with E-state index in [0.29, 0.717) is 5.02 Å². The summed E-state index contributed by atoms with van der Waals surface area (Å²) in [6, 6.07) is 24.5. The van der Waals surface area contributed by atoms with E-state index in [1.54, 1.807) is 0 Å². The lowest BCUT2D eigenvalue weighted by Crippen LogP contribution is -2.25. The summed E-state index contributed by atoms with van der Waals surface area (Å²) in [6.07, 6.45) is 2.23. The maximum atomic E-state index is 6.05. The van der Waals surface area contributed by atoms with E-state index in [9.17, 15) is 0 Å². The SMILES string of the molecule is Clc1ccc(-c2nc(N3CCCc4ccccc43)c3ccccc3n2)cc1. The van der Waals surface area contributed by atoms with Gasteiger partial charge in [0.15, 0.2) is 5.82 Å². The van der Waals surface area contributed by atoms with Crippen LogP contribution in [0.15, 0.2) is 72.8 Å². The van der Waals surface area contributed by atoms with Crippen molar-refractivity contribution in [2.24, 2.45) is 0 Å². The summed E-state index contributed by atoms with van der Waals surface area (Å²) in [5, 5.41) is 1.79. The first kappa shape index (κ1) is 16.3. The second-order valence-electron chi connectivity index (χ2n) is 6.78. The molecule has 0 spiro atoms. The molecule has 3 nitrogen and oxygen atoms in total. The van der Waals surface area contributed by atoms with Crippen LogP contribution in [0, 0.1) is 0 Å².